The third-order valence-electron chi connectivity index (χ3n) is 1.38. The minimum atomic E-state index is 0.648. The van der Waals surface area contributed by atoms with E-state index in [9.17, 15) is 0 Å². The highest BCUT2D eigenvalue weighted by Crippen LogP contribution is 2.07. The number of hydrogen-bond acceptors (Lipinski definition) is 1. The average Bonchev–Trinajstić information content (AvgIpc) is 1.87. The van der Waals surface area contributed by atoms with Crippen molar-refractivity contribution in [2.45, 2.75) is 25.6 Å². The van der Waals surface area contributed by atoms with E-state index in [1.807, 2.05) is 0 Å². The fourth-order valence-corrected chi connectivity index (χ4v) is 1.00. The van der Waals surface area contributed by atoms with Gasteiger partial charge in [-0.15, -0.1) is 0 Å². The van der Waals surface area contributed by atoms with Crippen LogP contribution in [0.25, 0.3) is 0 Å². The fraction of sp³-hybridized carbons (Fsp3) is 1.00. The maximum absolute atomic E-state index is 3.31. The molecular formula is C5H11BN. The molecule has 1 saturated heterocycles. The van der Waals surface area contributed by atoms with Gasteiger partial charge in [-0.2, -0.15) is 0 Å². The van der Waals surface area contributed by atoms with Crippen molar-refractivity contribution in [1.82, 2.24) is 5.32 Å². The van der Waals surface area contributed by atoms with Gasteiger partial charge in [0.25, 0.3) is 0 Å². The van der Waals surface area contributed by atoms with Gasteiger partial charge in [0.2, 0.25) is 0 Å². The topological polar surface area (TPSA) is 12.0 Å². The zero-order valence-corrected chi connectivity index (χ0v) is 4.94. The molecule has 2 atom stereocenters. The van der Waals surface area contributed by atoms with E-state index in [4.69, 9.17) is 0 Å². The molecule has 0 aromatic heterocycles. The lowest BCUT2D eigenvalue weighted by molar-refractivity contribution is 0.721. The maximum atomic E-state index is 3.31. The molecule has 0 saturated carbocycles. The monoisotopic (exact) mass is 96.1 g/mol. The average molecular weight is 96.0 g/mol. The minimum absolute atomic E-state index is 0.648. The molecule has 1 fully saturated rings. The van der Waals surface area contributed by atoms with Gasteiger partial charge in [0.15, 0.2) is 0 Å². The molecule has 2 unspecified atom stereocenters. The summed E-state index contributed by atoms with van der Waals surface area (Å²) in [4.78, 5) is 0. The molecule has 2 heteroatoms. The number of rotatable bonds is 0. The van der Waals surface area contributed by atoms with Gasteiger partial charge >= 0.3 is 0 Å². The Kier molecular flexibility index (Phi) is 1.38. The first-order valence-corrected chi connectivity index (χ1v) is 2.87. The van der Waals surface area contributed by atoms with Crippen LogP contribution in [0.3, 0.4) is 0 Å². The first kappa shape index (κ1) is 5.17. The van der Waals surface area contributed by atoms with Crippen LogP contribution in [0, 0.1) is 0 Å². The lowest BCUT2D eigenvalue weighted by Gasteiger charge is -1.94. The fourth-order valence-electron chi connectivity index (χ4n) is 1.00. The van der Waals surface area contributed by atoms with E-state index in [1.54, 1.807) is 0 Å². The van der Waals surface area contributed by atoms with Gasteiger partial charge in [-0.3, -0.25) is 0 Å². The van der Waals surface area contributed by atoms with Gasteiger partial charge in [-0.25, -0.2) is 0 Å². The Hall–Kier alpha value is 0.0249. The van der Waals surface area contributed by atoms with E-state index < -0.39 is 0 Å². The molecule has 1 radical (unpaired) electrons. The molecule has 1 aliphatic rings. The standard InChI is InChI=1S/C5H11BN/c1-4-3-7-5(2)6-4/h4-5,7H,3H2,1-2H3. The van der Waals surface area contributed by atoms with E-state index in [2.05, 4.69) is 26.4 Å². The highest BCUT2D eigenvalue weighted by atomic mass is 14.9. The smallest absolute Gasteiger partial charge is 0.137 e. The normalized spacial score (nSPS) is 40.9. The van der Waals surface area contributed by atoms with Crippen LogP contribution in [0.2, 0.25) is 5.82 Å². The summed E-state index contributed by atoms with van der Waals surface area (Å²) < 4.78 is 0. The molecule has 0 amide bonds. The van der Waals surface area contributed by atoms with E-state index >= 15 is 0 Å². The van der Waals surface area contributed by atoms with Crippen molar-refractivity contribution in [2.75, 3.05) is 6.54 Å². The van der Waals surface area contributed by atoms with Gasteiger partial charge in [0.05, 0.1) is 0 Å². The van der Waals surface area contributed by atoms with Crippen LogP contribution in [-0.2, 0) is 0 Å². The molecular weight excluding hydrogens is 84.9 g/mol. The van der Waals surface area contributed by atoms with Gasteiger partial charge in [0, 0.05) is 0 Å². The van der Waals surface area contributed by atoms with Crippen LogP contribution >= 0.6 is 0 Å². The van der Waals surface area contributed by atoms with Crippen LogP contribution in [0.4, 0.5) is 0 Å². The first-order chi connectivity index (χ1) is 3.29. The number of hydrogen-bond donors (Lipinski definition) is 1. The van der Waals surface area contributed by atoms with Crippen molar-refractivity contribution in [3.05, 3.63) is 0 Å². The maximum Gasteiger partial charge on any atom is 0.137 e. The highest BCUT2D eigenvalue weighted by Gasteiger charge is 2.16. The predicted molar refractivity (Wildman–Crippen MR) is 32.6 cm³/mol. The summed E-state index contributed by atoms with van der Waals surface area (Å²) in [6.07, 6.45) is 0. The molecule has 1 heterocycles. The lowest BCUT2D eigenvalue weighted by Crippen LogP contribution is -2.20. The van der Waals surface area contributed by atoms with Crippen molar-refractivity contribution >= 4 is 7.28 Å². The zero-order valence-electron chi connectivity index (χ0n) is 4.94. The van der Waals surface area contributed by atoms with Crippen molar-refractivity contribution < 1.29 is 0 Å². The second-order valence-corrected chi connectivity index (χ2v) is 2.37. The van der Waals surface area contributed by atoms with Gasteiger partial charge in [0.1, 0.15) is 7.28 Å². The van der Waals surface area contributed by atoms with Crippen LogP contribution in [0.5, 0.6) is 0 Å². The van der Waals surface area contributed by atoms with Gasteiger partial charge < -0.3 is 5.32 Å². The second kappa shape index (κ2) is 1.87. The Bertz CT molecular complexity index is 57.1. The molecule has 39 valence electrons. The SMILES string of the molecule is CC1[B]C(C)NC1. The Labute approximate surface area is 45.7 Å². The molecule has 1 nitrogen and oxygen atoms in total. The summed E-state index contributed by atoms with van der Waals surface area (Å²) in [5.41, 5.74) is 0. The highest BCUT2D eigenvalue weighted by molar-refractivity contribution is 6.40. The summed E-state index contributed by atoms with van der Waals surface area (Å²) in [5, 5.41) is 3.31. The van der Waals surface area contributed by atoms with Gasteiger partial charge in [-0.05, 0) is 12.5 Å². The quantitative estimate of drug-likeness (QED) is 0.431. The minimum Gasteiger partial charge on any atom is -0.322 e. The number of nitrogens with one attached hydrogen (secondary N) is 1. The van der Waals surface area contributed by atoms with E-state index in [-0.39, 0.29) is 0 Å². The lowest BCUT2D eigenvalue weighted by atomic mass is 9.63. The Morgan fingerprint density at radius 3 is 2.43 bits per heavy atom. The summed E-state index contributed by atoms with van der Waals surface area (Å²) in [6, 6.07) is 0. The molecule has 1 rings (SSSR count). The van der Waals surface area contributed by atoms with E-state index in [1.165, 1.54) is 6.54 Å². The Balaban J connectivity index is 2.26. The van der Waals surface area contributed by atoms with Crippen molar-refractivity contribution in [3.63, 3.8) is 0 Å². The molecule has 0 spiro atoms. The third kappa shape index (κ3) is 1.20. The van der Waals surface area contributed by atoms with Crippen LogP contribution < -0.4 is 5.32 Å². The summed E-state index contributed by atoms with van der Waals surface area (Å²) in [7, 11) is 2.33. The predicted octanol–water partition coefficient (Wildman–Crippen LogP) is 0.448. The van der Waals surface area contributed by atoms with Crippen LogP contribution in [0.15, 0.2) is 0 Å². The Morgan fingerprint density at radius 2 is 2.29 bits per heavy atom. The van der Waals surface area contributed by atoms with Gasteiger partial charge in [-0.1, -0.05) is 19.7 Å². The summed E-state index contributed by atoms with van der Waals surface area (Å²) >= 11 is 0. The Morgan fingerprint density at radius 1 is 1.57 bits per heavy atom. The van der Waals surface area contributed by atoms with E-state index in [0.717, 1.165) is 5.82 Å². The molecule has 0 aromatic rings. The first-order valence-electron chi connectivity index (χ1n) is 2.87. The molecule has 0 aromatic carbocycles. The van der Waals surface area contributed by atoms with Crippen molar-refractivity contribution in [1.29, 1.82) is 0 Å². The second-order valence-electron chi connectivity index (χ2n) is 2.37. The third-order valence-corrected chi connectivity index (χ3v) is 1.38. The van der Waals surface area contributed by atoms with E-state index in [0.29, 0.717) is 5.94 Å². The van der Waals surface area contributed by atoms with Crippen molar-refractivity contribution in [2.24, 2.45) is 0 Å². The molecule has 7 heavy (non-hydrogen) atoms. The molecule has 0 bridgehead atoms. The molecule has 1 aliphatic heterocycles. The largest absolute Gasteiger partial charge is 0.322 e. The zero-order chi connectivity index (χ0) is 5.28. The molecule has 1 N–H and O–H groups in total. The van der Waals surface area contributed by atoms with Crippen molar-refractivity contribution in [3.8, 4) is 0 Å². The van der Waals surface area contributed by atoms with Crippen LogP contribution in [-0.4, -0.2) is 19.8 Å². The summed E-state index contributed by atoms with van der Waals surface area (Å²) in [6.45, 7) is 5.58. The van der Waals surface area contributed by atoms with Crippen LogP contribution in [0.1, 0.15) is 13.8 Å². The summed E-state index contributed by atoms with van der Waals surface area (Å²) in [5.74, 6) is 1.44. The molecule has 0 aliphatic carbocycles.